The van der Waals surface area contributed by atoms with Crippen LogP contribution in [-0.4, -0.2) is 35.6 Å². The second-order valence-electron chi connectivity index (χ2n) is 5.14. The van der Waals surface area contributed by atoms with Gasteiger partial charge in [-0.3, -0.25) is 4.98 Å². The first-order valence-corrected chi connectivity index (χ1v) is 7.36. The maximum atomic E-state index is 11.2. The van der Waals surface area contributed by atoms with E-state index in [-0.39, 0.29) is 0 Å². The summed E-state index contributed by atoms with van der Waals surface area (Å²) in [5, 5.41) is 11.2. The maximum absolute atomic E-state index is 11.2. The van der Waals surface area contributed by atoms with Gasteiger partial charge in [0.15, 0.2) is 0 Å². The molecule has 1 aromatic heterocycles. The average molecular weight is 335 g/mol. The molecule has 0 radical (unpaired) electrons. The zero-order chi connectivity index (χ0) is 14.6. The summed E-state index contributed by atoms with van der Waals surface area (Å²) in [6.45, 7) is 0.781. The third-order valence-corrected chi connectivity index (χ3v) is 3.86. The highest BCUT2D eigenvalue weighted by atomic mass is 79.9. The van der Waals surface area contributed by atoms with E-state index in [0.29, 0.717) is 12.1 Å². The second kappa shape index (κ2) is 6.48. The first-order chi connectivity index (χ1) is 9.52. The fourth-order valence-electron chi connectivity index (χ4n) is 2.14. The Kier molecular flexibility index (Phi) is 4.91. The molecule has 0 saturated carbocycles. The molecule has 1 atom stereocenters. The molecule has 0 aliphatic carbocycles. The van der Waals surface area contributed by atoms with E-state index in [1.165, 1.54) is 0 Å². The molecular formula is C16H19BrN2O. The van der Waals surface area contributed by atoms with Crippen molar-refractivity contribution < 1.29 is 5.11 Å². The quantitative estimate of drug-likeness (QED) is 0.912. The van der Waals surface area contributed by atoms with Crippen molar-refractivity contribution in [3.05, 3.63) is 64.4 Å². The van der Waals surface area contributed by atoms with Gasteiger partial charge in [-0.15, -0.1) is 0 Å². The van der Waals surface area contributed by atoms with Crippen LogP contribution in [0.3, 0.4) is 0 Å². The molecule has 1 heterocycles. The molecule has 3 nitrogen and oxygen atoms in total. The Bertz CT molecular complexity index is 542. The van der Waals surface area contributed by atoms with Gasteiger partial charge in [0.1, 0.15) is 5.60 Å². The SMILES string of the molecule is CN(C)CCC(O)(c1ccc(Br)cc1)c1ccccn1. The normalized spacial score (nSPS) is 14.2. The van der Waals surface area contributed by atoms with Crippen LogP contribution in [0.5, 0.6) is 0 Å². The van der Waals surface area contributed by atoms with Gasteiger partial charge in [0.25, 0.3) is 0 Å². The van der Waals surface area contributed by atoms with Gasteiger partial charge in [0, 0.05) is 17.2 Å². The largest absolute Gasteiger partial charge is 0.379 e. The molecule has 1 aromatic carbocycles. The van der Waals surface area contributed by atoms with Crippen molar-refractivity contribution in [1.82, 2.24) is 9.88 Å². The average Bonchev–Trinajstić information content (AvgIpc) is 2.46. The number of aliphatic hydroxyl groups is 1. The third kappa shape index (κ3) is 3.45. The van der Waals surface area contributed by atoms with E-state index in [9.17, 15) is 5.11 Å². The molecule has 0 saturated heterocycles. The predicted molar refractivity (Wildman–Crippen MR) is 84.5 cm³/mol. The van der Waals surface area contributed by atoms with E-state index in [1.54, 1.807) is 6.20 Å². The van der Waals surface area contributed by atoms with Gasteiger partial charge in [-0.1, -0.05) is 34.1 Å². The Balaban J connectivity index is 2.40. The molecular weight excluding hydrogens is 316 g/mol. The molecule has 0 aliphatic heterocycles. The van der Waals surface area contributed by atoms with Crippen LogP contribution in [0.25, 0.3) is 0 Å². The smallest absolute Gasteiger partial charge is 0.133 e. The molecule has 2 rings (SSSR count). The Hall–Kier alpha value is -1.23. The van der Waals surface area contributed by atoms with Crippen LogP contribution in [0.4, 0.5) is 0 Å². The van der Waals surface area contributed by atoms with Crippen LogP contribution in [0, 0.1) is 0 Å². The van der Waals surface area contributed by atoms with Crippen molar-refractivity contribution in [2.75, 3.05) is 20.6 Å². The first-order valence-electron chi connectivity index (χ1n) is 6.57. The number of hydrogen-bond acceptors (Lipinski definition) is 3. The standard InChI is InChI=1S/C16H19BrN2O/c1-19(2)12-10-16(20,15-5-3-4-11-18-15)13-6-8-14(17)9-7-13/h3-9,11,20H,10,12H2,1-2H3. The minimum absolute atomic E-state index is 0.596. The summed E-state index contributed by atoms with van der Waals surface area (Å²) < 4.78 is 0.997. The lowest BCUT2D eigenvalue weighted by atomic mass is 9.86. The predicted octanol–water partition coefficient (Wildman–Crippen LogP) is 3.03. The molecule has 0 aliphatic rings. The Labute approximate surface area is 128 Å². The van der Waals surface area contributed by atoms with Crippen molar-refractivity contribution in [3.63, 3.8) is 0 Å². The van der Waals surface area contributed by atoms with Crippen LogP contribution in [0.2, 0.25) is 0 Å². The van der Waals surface area contributed by atoms with E-state index in [1.807, 2.05) is 56.6 Å². The Morgan fingerprint density at radius 2 is 1.85 bits per heavy atom. The maximum Gasteiger partial charge on any atom is 0.133 e. The fourth-order valence-corrected chi connectivity index (χ4v) is 2.40. The van der Waals surface area contributed by atoms with E-state index >= 15 is 0 Å². The van der Waals surface area contributed by atoms with E-state index in [4.69, 9.17) is 0 Å². The molecule has 0 amide bonds. The van der Waals surface area contributed by atoms with Crippen LogP contribution < -0.4 is 0 Å². The zero-order valence-corrected chi connectivity index (χ0v) is 13.3. The molecule has 4 heteroatoms. The van der Waals surface area contributed by atoms with E-state index in [0.717, 1.165) is 16.6 Å². The first kappa shape index (κ1) is 15.2. The van der Waals surface area contributed by atoms with Crippen molar-refractivity contribution in [3.8, 4) is 0 Å². The molecule has 0 spiro atoms. The molecule has 1 N–H and O–H groups in total. The molecule has 0 fully saturated rings. The van der Waals surface area contributed by atoms with Gasteiger partial charge in [-0.25, -0.2) is 0 Å². The molecule has 20 heavy (non-hydrogen) atoms. The summed E-state index contributed by atoms with van der Waals surface area (Å²) >= 11 is 3.43. The molecule has 2 aromatic rings. The Morgan fingerprint density at radius 1 is 1.15 bits per heavy atom. The van der Waals surface area contributed by atoms with Gasteiger partial charge in [-0.2, -0.15) is 0 Å². The van der Waals surface area contributed by atoms with Crippen molar-refractivity contribution in [2.45, 2.75) is 12.0 Å². The molecule has 1 unspecified atom stereocenters. The van der Waals surface area contributed by atoms with Crippen LogP contribution >= 0.6 is 15.9 Å². The summed E-state index contributed by atoms with van der Waals surface area (Å²) in [6.07, 6.45) is 2.31. The summed E-state index contributed by atoms with van der Waals surface area (Å²) in [5.41, 5.74) is 0.483. The number of pyridine rings is 1. The number of hydrogen-bond donors (Lipinski definition) is 1. The van der Waals surface area contributed by atoms with Crippen molar-refractivity contribution >= 4 is 15.9 Å². The minimum Gasteiger partial charge on any atom is -0.379 e. The number of halogens is 1. The number of aromatic nitrogens is 1. The van der Waals surface area contributed by atoms with Crippen molar-refractivity contribution in [2.24, 2.45) is 0 Å². The summed E-state index contributed by atoms with van der Waals surface area (Å²) in [6, 6.07) is 13.4. The molecule has 106 valence electrons. The number of nitrogens with zero attached hydrogens (tertiary/aromatic N) is 2. The summed E-state index contributed by atoms with van der Waals surface area (Å²) in [5.74, 6) is 0. The lowest BCUT2D eigenvalue weighted by molar-refractivity contribution is 0.0586. The zero-order valence-electron chi connectivity index (χ0n) is 11.8. The van der Waals surface area contributed by atoms with Gasteiger partial charge in [-0.05, 0) is 50.3 Å². The second-order valence-corrected chi connectivity index (χ2v) is 6.05. The van der Waals surface area contributed by atoms with Gasteiger partial charge in [0.05, 0.1) is 5.69 Å². The van der Waals surface area contributed by atoms with Crippen LogP contribution in [0.15, 0.2) is 53.1 Å². The lowest BCUT2D eigenvalue weighted by Crippen LogP contribution is -2.32. The highest BCUT2D eigenvalue weighted by Crippen LogP contribution is 2.32. The highest BCUT2D eigenvalue weighted by Gasteiger charge is 2.32. The van der Waals surface area contributed by atoms with Crippen LogP contribution in [0.1, 0.15) is 17.7 Å². The van der Waals surface area contributed by atoms with Crippen LogP contribution in [-0.2, 0) is 5.60 Å². The molecule has 0 bridgehead atoms. The van der Waals surface area contributed by atoms with Gasteiger partial charge in [0.2, 0.25) is 0 Å². The summed E-state index contributed by atoms with van der Waals surface area (Å²) in [4.78, 5) is 6.41. The topological polar surface area (TPSA) is 36.4 Å². The van der Waals surface area contributed by atoms with Gasteiger partial charge >= 0.3 is 0 Å². The lowest BCUT2D eigenvalue weighted by Gasteiger charge is -2.29. The number of benzene rings is 1. The van der Waals surface area contributed by atoms with E-state index < -0.39 is 5.60 Å². The van der Waals surface area contributed by atoms with E-state index in [2.05, 4.69) is 25.8 Å². The Morgan fingerprint density at radius 3 is 2.40 bits per heavy atom. The van der Waals surface area contributed by atoms with Crippen molar-refractivity contribution in [1.29, 1.82) is 0 Å². The van der Waals surface area contributed by atoms with Gasteiger partial charge < -0.3 is 10.0 Å². The summed E-state index contributed by atoms with van der Waals surface area (Å²) in [7, 11) is 4.00. The fraction of sp³-hybridized carbons (Fsp3) is 0.312. The number of rotatable bonds is 5. The highest BCUT2D eigenvalue weighted by molar-refractivity contribution is 9.10. The monoisotopic (exact) mass is 334 g/mol. The third-order valence-electron chi connectivity index (χ3n) is 3.33. The minimum atomic E-state index is -1.06.